The van der Waals surface area contributed by atoms with Gasteiger partial charge in [0.15, 0.2) is 0 Å². The first-order valence-corrected chi connectivity index (χ1v) is 8.07. The molecular weight excluding hydrogens is 377 g/mol. The minimum absolute atomic E-state index is 0.00115. The van der Waals surface area contributed by atoms with Crippen LogP contribution in [0.25, 0.3) is 0 Å². The van der Waals surface area contributed by atoms with Crippen LogP contribution in [0.3, 0.4) is 0 Å². The molecule has 1 aromatic carbocycles. The third kappa shape index (κ3) is 5.22. The summed E-state index contributed by atoms with van der Waals surface area (Å²) in [5.41, 5.74) is 0.0695. The van der Waals surface area contributed by atoms with E-state index in [4.69, 9.17) is 0 Å². The van der Waals surface area contributed by atoms with E-state index in [1.54, 1.807) is 12.1 Å². The lowest BCUT2D eigenvalue weighted by Crippen LogP contribution is -2.34. The van der Waals surface area contributed by atoms with Gasteiger partial charge in [-0.25, -0.2) is 4.39 Å². The summed E-state index contributed by atoms with van der Waals surface area (Å²) in [6.07, 6.45) is 2.04. The number of hydrogen-bond acceptors (Lipinski definition) is 1. The van der Waals surface area contributed by atoms with Gasteiger partial charge in [0.2, 0.25) is 0 Å². The number of rotatable bonds is 6. The Labute approximate surface area is 130 Å². The van der Waals surface area contributed by atoms with Crippen molar-refractivity contribution in [1.29, 1.82) is 0 Å². The summed E-state index contributed by atoms with van der Waals surface area (Å²) in [5, 5.41) is 3.75. The summed E-state index contributed by atoms with van der Waals surface area (Å²) in [6, 6.07) is 4.51. The highest BCUT2D eigenvalue weighted by atomic mass is 79.9. The van der Waals surface area contributed by atoms with E-state index in [1.807, 2.05) is 0 Å². The maximum Gasteiger partial charge on any atom is 0.255 e. The van der Waals surface area contributed by atoms with E-state index in [9.17, 15) is 9.18 Å². The second kappa shape index (κ2) is 7.39. The molecule has 0 fully saturated rings. The van der Waals surface area contributed by atoms with Crippen LogP contribution in [0.4, 0.5) is 4.39 Å². The lowest BCUT2D eigenvalue weighted by molar-refractivity contribution is 0.0929. The van der Waals surface area contributed by atoms with Crippen LogP contribution in [0.15, 0.2) is 22.7 Å². The van der Waals surface area contributed by atoms with E-state index in [0.717, 1.165) is 18.2 Å². The molecule has 1 aromatic rings. The van der Waals surface area contributed by atoms with E-state index >= 15 is 0 Å². The molecule has 0 bridgehead atoms. The summed E-state index contributed by atoms with van der Waals surface area (Å²) in [6.45, 7) is 4.71. The first-order valence-electron chi connectivity index (χ1n) is 6.15. The fraction of sp³-hybridized carbons (Fsp3) is 0.500. The molecular formula is C14H18Br2FNO. The number of carbonyl (C=O) groups excluding carboxylic acids is 1. The second-order valence-corrected chi connectivity index (χ2v) is 6.88. The maximum atomic E-state index is 13.6. The molecule has 0 atom stereocenters. The zero-order chi connectivity index (χ0) is 14.5. The van der Waals surface area contributed by atoms with Crippen LogP contribution < -0.4 is 5.32 Å². The molecule has 0 radical (unpaired) electrons. The van der Waals surface area contributed by atoms with Crippen LogP contribution in [0.1, 0.15) is 37.0 Å². The number of nitrogens with one attached hydrogen (secondary N) is 1. The average Bonchev–Trinajstić information content (AvgIpc) is 2.34. The largest absolute Gasteiger partial charge is 0.351 e. The van der Waals surface area contributed by atoms with Gasteiger partial charge in [-0.3, -0.25) is 4.79 Å². The Balaban J connectivity index is 2.66. The smallest absolute Gasteiger partial charge is 0.255 e. The molecule has 1 amide bonds. The fourth-order valence-electron chi connectivity index (χ4n) is 1.76. The van der Waals surface area contributed by atoms with E-state index in [1.165, 1.54) is 6.07 Å². The number of benzene rings is 1. The first-order chi connectivity index (χ1) is 8.87. The van der Waals surface area contributed by atoms with Crippen molar-refractivity contribution in [2.45, 2.75) is 26.7 Å². The second-order valence-electron chi connectivity index (χ2n) is 5.24. The molecule has 0 aliphatic rings. The molecule has 0 spiro atoms. The average molecular weight is 395 g/mol. The van der Waals surface area contributed by atoms with Crippen molar-refractivity contribution in [3.63, 3.8) is 0 Å². The Morgan fingerprint density at radius 1 is 1.42 bits per heavy atom. The first kappa shape index (κ1) is 16.6. The lowest BCUT2D eigenvalue weighted by atomic mass is 9.88. The third-order valence-electron chi connectivity index (χ3n) is 2.90. The van der Waals surface area contributed by atoms with Crippen LogP contribution in [-0.2, 0) is 0 Å². The molecule has 0 saturated carbocycles. The van der Waals surface area contributed by atoms with Crippen molar-refractivity contribution < 1.29 is 9.18 Å². The Morgan fingerprint density at radius 2 is 2.11 bits per heavy atom. The summed E-state index contributed by atoms with van der Waals surface area (Å²) in [4.78, 5) is 12.0. The van der Waals surface area contributed by atoms with Crippen LogP contribution >= 0.6 is 31.9 Å². The molecule has 2 nitrogen and oxygen atoms in total. The summed E-state index contributed by atoms with van der Waals surface area (Å²) in [7, 11) is 0. The number of hydrogen-bond donors (Lipinski definition) is 1. The topological polar surface area (TPSA) is 29.1 Å². The quantitative estimate of drug-likeness (QED) is 0.706. The molecule has 106 valence electrons. The molecule has 0 aliphatic carbocycles. The van der Waals surface area contributed by atoms with Gasteiger partial charge in [-0.1, -0.05) is 35.8 Å². The van der Waals surface area contributed by atoms with Crippen molar-refractivity contribution >= 4 is 37.8 Å². The summed E-state index contributed by atoms with van der Waals surface area (Å²) in [5.74, 6) is -0.887. The highest BCUT2D eigenvalue weighted by molar-refractivity contribution is 9.10. The Morgan fingerprint density at radius 3 is 2.68 bits per heavy atom. The molecule has 0 aliphatic heterocycles. The molecule has 0 aromatic heterocycles. The van der Waals surface area contributed by atoms with Crippen LogP contribution in [-0.4, -0.2) is 17.8 Å². The zero-order valence-corrected chi connectivity index (χ0v) is 14.3. The molecule has 0 saturated heterocycles. The molecule has 0 unspecified atom stereocenters. The van der Waals surface area contributed by atoms with E-state index in [2.05, 4.69) is 51.0 Å². The normalized spacial score (nSPS) is 11.4. The van der Waals surface area contributed by atoms with Gasteiger partial charge in [0.1, 0.15) is 5.82 Å². The van der Waals surface area contributed by atoms with Gasteiger partial charge in [-0.15, -0.1) is 0 Å². The minimum atomic E-state index is -0.509. The predicted molar refractivity (Wildman–Crippen MR) is 83.2 cm³/mol. The van der Waals surface area contributed by atoms with Crippen LogP contribution in [0.5, 0.6) is 0 Å². The number of alkyl halides is 1. The van der Waals surface area contributed by atoms with Crippen molar-refractivity contribution in [2.75, 3.05) is 11.9 Å². The summed E-state index contributed by atoms with van der Waals surface area (Å²) >= 11 is 6.60. The number of carbonyl (C=O) groups is 1. The highest BCUT2D eigenvalue weighted by Gasteiger charge is 2.21. The third-order valence-corrected chi connectivity index (χ3v) is 4.13. The van der Waals surface area contributed by atoms with Crippen molar-refractivity contribution in [3.05, 3.63) is 34.1 Å². The van der Waals surface area contributed by atoms with Gasteiger partial charge in [-0.2, -0.15) is 0 Å². The van der Waals surface area contributed by atoms with Crippen molar-refractivity contribution in [3.8, 4) is 0 Å². The monoisotopic (exact) mass is 393 g/mol. The molecule has 0 heterocycles. The van der Waals surface area contributed by atoms with E-state index in [0.29, 0.717) is 11.0 Å². The Kier molecular flexibility index (Phi) is 6.47. The zero-order valence-electron chi connectivity index (χ0n) is 11.1. The maximum absolute atomic E-state index is 13.6. The van der Waals surface area contributed by atoms with Gasteiger partial charge in [0, 0.05) is 16.3 Å². The molecule has 5 heteroatoms. The van der Waals surface area contributed by atoms with Gasteiger partial charge in [-0.05, 0) is 46.3 Å². The van der Waals surface area contributed by atoms with Crippen molar-refractivity contribution in [2.24, 2.45) is 5.41 Å². The molecule has 1 N–H and O–H groups in total. The Bertz CT molecular complexity index is 429. The lowest BCUT2D eigenvalue weighted by Gasteiger charge is -2.24. The highest BCUT2D eigenvalue weighted by Crippen LogP contribution is 2.23. The van der Waals surface area contributed by atoms with Gasteiger partial charge in [0.05, 0.1) is 5.56 Å². The van der Waals surface area contributed by atoms with Crippen LogP contribution in [0.2, 0.25) is 0 Å². The van der Waals surface area contributed by atoms with E-state index in [-0.39, 0.29) is 16.9 Å². The van der Waals surface area contributed by atoms with Gasteiger partial charge < -0.3 is 5.32 Å². The minimum Gasteiger partial charge on any atom is -0.351 e. The number of amides is 1. The summed E-state index contributed by atoms with van der Waals surface area (Å²) < 4.78 is 14.1. The van der Waals surface area contributed by atoms with Crippen LogP contribution in [0, 0.1) is 11.2 Å². The molecule has 19 heavy (non-hydrogen) atoms. The Hall–Kier alpha value is -0.420. The van der Waals surface area contributed by atoms with Gasteiger partial charge in [0.25, 0.3) is 5.91 Å². The predicted octanol–water partition coefficient (Wildman–Crippen LogP) is 4.52. The fourth-order valence-corrected chi connectivity index (χ4v) is 2.56. The molecule has 1 rings (SSSR count). The SMILES string of the molecule is CC(C)(CCCBr)CNC(=O)c1c(F)cccc1Br. The van der Waals surface area contributed by atoms with Crippen molar-refractivity contribution in [1.82, 2.24) is 5.32 Å². The van der Waals surface area contributed by atoms with E-state index < -0.39 is 5.82 Å². The van der Waals surface area contributed by atoms with Gasteiger partial charge >= 0.3 is 0 Å². The number of halogens is 3. The standard InChI is InChI=1S/C14H18Br2FNO/c1-14(2,7-4-8-15)9-18-13(19)12-10(16)5-3-6-11(12)17/h3,5-6H,4,7-9H2,1-2H3,(H,18,19).